The van der Waals surface area contributed by atoms with Crippen LogP contribution in [0.1, 0.15) is 50.3 Å². The molecule has 0 fully saturated rings. The van der Waals surface area contributed by atoms with E-state index in [4.69, 9.17) is 9.84 Å². The minimum Gasteiger partial charge on any atom is -0.494 e. The van der Waals surface area contributed by atoms with Crippen LogP contribution in [0.3, 0.4) is 0 Å². The van der Waals surface area contributed by atoms with E-state index in [2.05, 4.69) is 5.32 Å². The molecule has 1 aliphatic rings. The minimum absolute atomic E-state index is 0.145. The Hall–Kier alpha value is -3.41. The maximum Gasteiger partial charge on any atom is 0.271 e. The van der Waals surface area contributed by atoms with Gasteiger partial charge in [0.15, 0.2) is 0 Å². The molecule has 0 bridgehead atoms. The predicted octanol–water partition coefficient (Wildman–Crippen LogP) is 4.78. The first-order chi connectivity index (χ1) is 15.6. The van der Waals surface area contributed by atoms with Gasteiger partial charge in [0, 0.05) is 16.8 Å². The van der Waals surface area contributed by atoms with E-state index in [0.717, 1.165) is 53.8 Å². The quantitative estimate of drug-likeness (QED) is 0.584. The Balaban J connectivity index is 1.70. The highest BCUT2D eigenvalue weighted by Gasteiger charge is 2.27. The van der Waals surface area contributed by atoms with E-state index in [-0.39, 0.29) is 11.5 Å². The van der Waals surface area contributed by atoms with Crippen LogP contribution >= 0.6 is 0 Å². The summed E-state index contributed by atoms with van der Waals surface area (Å²) < 4.78 is 6.86. The van der Waals surface area contributed by atoms with Crippen LogP contribution in [0.5, 0.6) is 5.75 Å². The second-order valence-electron chi connectivity index (χ2n) is 8.00. The van der Waals surface area contributed by atoms with Crippen molar-refractivity contribution in [3.63, 3.8) is 0 Å². The van der Waals surface area contributed by atoms with Crippen molar-refractivity contribution in [2.45, 2.75) is 52.0 Å². The molecule has 0 saturated carbocycles. The van der Waals surface area contributed by atoms with Crippen LogP contribution in [0.25, 0.3) is 11.3 Å². The van der Waals surface area contributed by atoms with E-state index in [9.17, 15) is 9.59 Å². The normalized spacial score (nSPS) is 13.8. The molecule has 1 aromatic heterocycles. The van der Waals surface area contributed by atoms with Crippen LogP contribution in [0.4, 0.5) is 5.69 Å². The highest BCUT2D eigenvalue weighted by atomic mass is 16.5. The molecular formula is C26H29N3O3. The number of amides is 1. The third-order valence-corrected chi connectivity index (χ3v) is 5.89. The number of aromatic nitrogens is 2. The van der Waals surface area contributed by atoms with Gasteiger partial charge in [0.05, 0.1) is 12.3 Å². The minimum atomic E-state index is -0.691. The van der Waals surface area contributed by atoms with Gasteiger partial charge in [0.1, 0.15) is 11.8 Å². The Morgan fingerprint density at radius 3 is 2.38 bits per heavy atom. The molecule has 6 nitrogen and oxygen atoms in total. The molecule has 0 saturated heterocycles. The Labute approximate surface area is 188 Å². The number of hydrogen-bond donors (Lipinski definition) is 1. The van der Waals surface area contributed by atoms with Gasteiger partial charge in [0.2, 0.25) is 5.91 Å². The summed E-state index contributed by atoms with van der Waals surface area (Å²) in [4.78, 5) is 26.6. The molecule has 0 spiro atoms. The van der Waals surface area contributed by atoms with Crippen molar-refractivity contribution >= 4 is 11.6 Å². The number of hydrogen-bond acceptors (Lipinski definition) is 4. The molecule has 32 heavy (non-hydrogen) atoms. The number of benzene rings is 2. The van der Waals surface area contributed by atoms with Gasteiger partial charge in [-0.1, -0.05) is 37.3 Å². The number of ether oxygens (including phenoxy) is 1. The summed E-state index contributed by atoms with van der Waals surface area (Å²) in [6.45, 7) is 4.41. The van der Waals surface area contributed by atoms with Crippen molar-refractivity contribution in [1.82, 2.24) is 9.78 Å². The molecule has 3 aromatic rings. The summed E-state index contributed by atoms with van der Waals surface area (Å²) in [6, 6.07) is 16.5. The lowest BCUT2D eigenvalue weighted by atomic mass is 9.89. The number of fused-ring (bicyclic) bond motifs is 1. The summed E-state index contributed by atoms with van der Waals surface area (Å²) in [5, 5.41) is 7.68. The van der Waals surface area contributed by atoms with Gasteiger partial charge in [-0.3, -0.25) is 9.59 Å². The Bertz CT molecular complexity index is 1140. The van der Waals surface area contributed by atoms with Crippen molar-refractivity contribution in [2.75, 3.05) is 11.9 Å². The second kappa shape index (κ2) is 9.81. The Morgan fingerprint density at radius 1 is 1.03 bits per heavy atom. The van der Waals surface area contributed by atoms with Crippen LogP contribution in [0, 0.1) is 0 Å². The molecule has 1 N–H and O–H groups in total. The number of nitrogens with one attached hydrogen (secondary N) is 1. The first-order valence-corrected chi connectivity index (χ1v) is 11.4. The fourth-order valence-corrected chi connectivity index (χ4v) is 4.29. The maximum absolute atomic E-state index is 13.4. The summed E-state index contributed by atoms with van der Waals surface area (Å²) in [7, 11) is 0. The molecule has 0 unspecified atom stereocenters. The molecule has 2 aromatic carbocycles. The molecule has 166 valence electrons. The van der Waals surface area contributed by atoms with Gasteiger partial charge in [0.25, 0.3) is 5.56 Å². The van der Waals surface area contributed by atoms with Crippen molar-refractivity contribution in [3.05, 3.63) is 76.1 Å². The lowest BCUT2D eigenvalue weighted by Gasteiger charge is -2.23. The monoisotopic (exact) mass is 431 g/mol. The van der Waals surface area contributed by atoms with Crippen LogP contribution in [-0.4, -0.2) is 22.3 Å². The number of nitrogens with zero attached hydrogens (tertiary/aromatic N) is 2. The summed E-state index contributed by atoms with van der Waals surface area (Å²) in [5.41, 5.74) is 4.13. The molecule has 0 aliphatic heterocycles. The average molecular weight is 432 g/mol. The molecule has 0 radical (unpaired) electrons. The average Bonchev–Trinajstić information content (AvgIpc) is 2.83. The molecule has 1 amide bonds. The maximum atomic E-state index is 13.4. The zero-order valence-electron chi connectivity index (χ0n) is 18.6. The molecule has 1 atom stereocenters. The lowest BCUT2D eigenvalue weighted by molar-refractivity contribution is -0.119. The summed E-state index contributed by atoms with van der Waals surface area (Å²) >= 11 is 0. The van der Waals surface area contributed by atoms with Crippen molar-refractivity contribution < 1.29 is 9.53 Å². The van der Waals surface area contributed by atoms with E-state index in [1.54, 1.807) is 12.1 Å². The van der Waals surface area contributed by atoms with Crippen LogP contribution < -0.4 is 15.6 Å². The smallest absolute Gasteiger partial charge is 0.271 e. The number of rotatable bonds is 7. The van der Waals surface area contributed by atoms with Gasteiger partial charge in [-0.2, -0.15) is 5.10 Å². The van der Waals surface area contributed by atoms with Gasteiger partial charge in [-0.25, -0.2) is 4.68 Å². The van der Waals surface area contributed by atoms with E-state index in [1.807, 2.05) is 56.3 Å². The SMILES string of the molecule is CCOc1ccc(NC(=O)[C@H](CC)n2nc(-c3ccccc3)c3c(c2=O)CCCC3)cc1. The number of anilines is 1. The van der Waals surface area contributed by atoms with Crippen molar-refractivity contribution in [1.29, 1.82) is 0 Å². The van der Waals surface area contributed by atoms with Crippen LogP contribution in [-0.2, 0) is 17.6 Å². The van der Waals surface area contributed by atoms with Gasteiger partial charge in [-0.15, -0.1) is 0 Å². The summed E-state index contributed by atoms with van der Waals surface area (Å²) in [6.07, 6.45) is 4.07. The molecule has 1 aliphatic carbocycles. The van der Waals surface area contributed by atoms with E-state index >= 15 is 0 Å². The zero-order chi connectivity index (χ0) is 22.5. The topological polar surface area (TPSA) is 73.2 Å². The van der Waals surface area contributed by atoms with Crippen molar-refractivity contribution in [2.24, 2.45) is 0 Å². The predicted molar refractivity (Wildman–Crippen MR) is 126 cm³/mol. The van der Waals surface area contributed by atoms with Gasteiger partial charge in [-0.05, 0) is 68.9 Å². The third-order valence-electron chi connectivity index (χ3n) is 5.89. The van der Waals surface area contributed by atoms with Crippen LogP contribution in [0.15, 0.2) is 59.4 Å². The molecule has 1 heterocycles. The fourth-order valence-electron chi connectivity index (χ4n) is 4.29. The largest absolute Gasteiger partial charge is 0.494 e. The zero-order valence-corrected chi connectivity index (χ0v) is 18.6. The molecule has 4 rings (SSSR count). The number of carbonyl (C=O) groups excluding carboxylic acids is 1. The first kappa shape index (κ1) is 21.8. The second-order valence-corrected chi connectivity index (χ2v) is 8.00. The highest BCUT2D eigenvalue weighted by molar-refractivity contribution is 5.93. The standard InChI is InChI=1S/C26H29N3O3/c1-3-23(25(30)27-19-14-16-20(17-15-19)32-4-2)29-26(31)22-13-9-8-12-21(22)24(28-29)18-10-6-5-7-11-18/h5-7,10-11,14-17,23H,3-4,8-9,12-13H2,1-2H3,(H,27,30)/t23-/m0/s1. The van der Waals surface area contributed by atoms with Crippen LogP contribution in [0.2, 0.25) is 0 Å². The van der Waals surface area contributed by atoms with E-state index in [0.29, 0.717) is 18.7 Å². The molecule has 6 heteroatoms. The Morgan fingerprint density at radius 2 is 1.72 bits per heavy atom. The van der Waals surface area contributed by atoms with Crippen molar-refractivity contribution in [3.8, 4) is 17.0 Å². The van der Waals surface area contributed by atoms with E-state index < -0.39 is 6.04 Å². The number of carbonyl (C=O) groups is 1. The lowest BCUT2D eigenvalue weighted by Crippen LogP contribution is -2.38. The first-order valence-electron chi connectivity index (χ1n) is 11.4. The highest BCUT2D eigenvalue weighted by Crippen LogP contribution is 2.29. The third kappa shape index (κ3) is 4.44. The fraction of sp³-hybridized carbons (Fsp3) is 0.346. The van der Waals surface area contributed by atoms with Gasteiger partial charge < -0.3 is 10.1 Å². The Kier molecular flexibility index (Phi) is 6.69. The van der Waals surface area contributed by atoms with Gasteiger partial charge >= 0.3 is 0 Å². The van der Waals surface area contributed by atoms with E-state index in [1.165, 1.54) is 4.68 Å². The summed E-state index contributed by atoms with van der Waals surface area (Å²) in [5.74, 6) is 0.499. The molecular weight excluding hydrogens is 402 g/mol.